The van der Waals surface area contributed by atoms with Gasteiger partial charge in [0.2, 0.25) is 11.7 Å². The molecule has 8 heteroatoms. The minimum atomic E-state index is -1.02. The van der Waals surface area contributed by atoms with Gasteiger partial charge in [-0.25, -0.2) is 4.79 Å². The van der Waals surface area contributed by atoms with Gasteiger partial charge in [0, 0.05) is 27.7 Å². The number of aromatic amines is 1. The van der Waals surface area contributed by atoms with Gasteiger partial charge in [0.15, 0.2) is 6.10 Å². The van der Waals surface area contributed by atoms with Crippen molar-refractivity contribution in [2.24, 2.45) is 0 Å². The highest BCUT2D eigenvalue weighted by molar-refractivity contribution is 6.11. The summed E-state index contributed by atoms with van der Waals surface area (Å²) in [5.74, 6) is -1.76. The van der Waals surface area contributed by atoms with Crippen molar-refractivity contribution in [2.75, 3.05) is 0 Å². The van der Waals surface area contributed by atoms with Gasteiger partial charge in [-0.05, 0) is 32.0 Å². The number of ketones is 1. The van der Waals surface area contributed by atoms with E-state index in [9.17, 15) is 14.4 Å². The Labute approximate surface area is 171 Å². The van der Waals surface area contributed by atoms with Crippen molar-refractivity contribution < 1.29 is 18.7 Å². The molecule has 8 nitrogen and oxygen atoms in total. The molecular weight excluding hydrogens is 386 g/mol. The molecule has 0 saturated heterocycles. The largest absolute Gasteiger partial charge is 0.453 e. The number of hydrogen-bond acceptors (Lipinski definition) is 6. The van der Waals surface area contributed by atoms with Crippen LogP contribution in [-0.4, -0.2) is 32.6 Å². The van der Waals surface area contributed by atoms with Crippen LogP contribution in [-0.2, 0) is 16.1 Å². The molecule has 0 unspecified atom stereocenters. The highest BCUT2D eigenvalue weighted by Crippen LogP contribution is 2.24. The third-order valence-electron chi connectivity index (χ3n) is 4.72. The summed E-state index contributed by atoms with van der Waals surface area (Å²) in [6, 6.07) is 16.3. The minimum absolute atomic E-state index is 0.104. The number of carbonyl (C=O) groups is 2. The van der Waals surface area contributed by atoms with Crippen molar-refractivity contribution in [3.8, 4) is 11.5 Å². The second-order valence-corrected chi connectivity index (χ2v) is 6.86. The molecule has 0 aliphatic heterocycles. The van der Waals surface area contributed by atoms with Gasteiger partial charge in [0.25, 0.3) is 0 Å². The first kappa shape index (κ1) is 19.4. The summed E-state index contributed by atoms with van der Waals surface area (Å²) in [7, 11) is 0. The normalized spacial score (nSPS) is 12.1. The second-order valence-electron chi connectivity index (χ2n) is 6.86. The fraction of sp³-hybridized carbons (Fsp3) is 0.182. The molecule has 0 aliphatic rings. The fourth-order valence-electron chi connectivity index (χ4n) is 3.31. The van der Waals surface area contributed by atoms with Crippen molar-refractivity contribution >= 4 is 22.7 Å². The van der Waals surface area contributed by atoms with Gasteiger partial charge >= 0.3 is 11.7 Å². The Hall–Kier alpha value is -3.94. The molecule has 0 radical (unpaired) electrons. The van der Waals surface area contributed by atoms with Crippen LogP contribution in [0.4, 0.5) is 0 Å². The summed E-state index contributed by atoms with van der Waals surface area (Å²) in [5.41, 5.74) is 2.62. The summed E-state index contributed by atoms with van der Waals surface area (Å²) >= 11 is 0. The summed E-state index contributed by atoms with van der Waals surface area (Å²) in [6.07, 6.45) is -1.02. The van der Waals surface area contributed by atoms with E-state index in [-0.39, 0.29) is 11.7 Å². The van der Waals surface area contributed by atoms with Crippen molar-refractivity contribution in [1.82, 2.24) is 14.8 Å². The summed E-state index contributed by atoms with van der Waals surface area (Å²) < 4.78 is 11.2. The van der Waals surface area contributed by atoms with Crippen LogP contribution < -0.4 is 5.76 Å². The Morgan fingerprint density at radius 3 is 2.60 bits per heavy atom. The van der Waals surface area contributed by atoms with Crippen molar-refractivity contribution in [1.29, 1.82) is 0 Å². The molecule has 0 amide bonds. The Bertz CT molecular complexity index is 1280. The average Bonchev–Trinajstić information content (AvgIpc) is 3.27. The van der Waals surface area contributed by atoms with E-state index in [0.29, 0.717) is 16.8 Å². The molecule has 30 heavy (non-hydrogen) atoms. The molecule has 2 aromatic heterocycles. The molecule has 0 spiro atoms. The third-order valence-corrected chi connectivity index (χ3v) is 4.72. The van der Waals surface area contributed by atoms with Gasteiger partial charge in [-0.2, -0.15) is 4.68 Å². The maximum atomic E-state index is 12.9. The van der Waals surface area contributed by atoms with Gasteiger partial charge in [-0.3, -0.25) is 9.59 Å². The maximum Gasteiger partial charge on any atom is 0.437 e. The predicted octanol–water partition coefficient (Wildman–Crippen LogP) is 3.11. The molecule has 0 fully saturated rings. The third kappa shape index (κ3) is 3.67. The number of fused-ring (bicyclic) bond motifs is 1. The molecule has 2 heterocycles. The standard InChI is InChI=1S/C22H19N3O5/c1-13-19(16-10-6-7-11-17(16)23-13)20(27)14(2)29-18(26)12-25-22(28)30-21(24-25)15-8-4-3-5-9-15/h3-11,14,23H,12H2,1-2H3/t14-/m1/s1. The van der Waals surface area contributed by atoms with E-state index < -0.39 is 24.4 Å². The molecule has 0 bridgehead atoms. The summed E-state index contributed by atoms with van der Waals surface area (Å²) in [6.45, 7) is 2.84. The second kappa shape index (κ2) is 7.82. The number of carbonyl (C=O) groups excluding carboxylic acids is 2. The van der Waals surface area contributed by atoms with Gasteiger partial charge in [-0.1, -0.05) is 36.4 Å². The molecule has 1 N–H and O–H groups in total. The monoisotopic (exact) mass is 405 g/mol. The number of aryl methyl sites for hydroxylation is 1. The van der Waals surface area contributed by atoms with Crippen LogP contribution in [0.15, 0.2) is 63.8 Å². The van der Waals surface area contributed by atoms with Gasteiger partial charge in [-0.15, -0.1) is 5.10 Å². The minimum Gasteiger partial charge on any atom is -0.453 e. The van der Waals surface area contributed by atoms with Crippen LogP contribution in [0.1, 0.15) is 23.0 Å². The molecule has 4 aromatic rings. The number of Topliss-reactive ketones (excluding diaryl/α,β-unsaturated/α-hetero) is 1. The lowest BCUT2D eigenvalue weighted by molar-refractivity contribution is -0.147. The number of hydrogen-bond donors (Lipinski definition) is 1. The number of H-pyrrole nitrogens is 1. The van der Waals surface area contributed by atoms with Gasteiger partial charge in [0.05, 0.1) is 0 Å². The van der Waals surface area contributed by atoms with E-state index >= 15 is 0 Å². The lowest BCUT2D eigenvalue weighted by atomic mass is 10.0. The first-order valence-corrected chi connectivity index (χ1v) is 9.38. The van der Waals surface area contributed by atoms with Crippen LogP contribution in [0.3, 0.4) is 0 Å². The average molecular weight is 405 g/mol. The molecule has 0 saturated carbocycles. The predicted molar refractivity (Wildman–Crippen MR) is 109 cm³/mol. The summed E-state index contributed by atoms with van der Waals surface area (Å²) in [5, 5.41) is 4.79. The van der Waals surface area contributed by atoms with E-state index in [2.05, 4.69) is 10.1 Å². The first-order chi connectivity index (χ1) is 14.4. The van der Waals surface area contributed by atoms with Crippen LogP contribution in [0.5, 0.6) is 0 Å². The van der Waals surface area contributed by atoms with E-state index in [1.807, 2.05) is 30.3 Å². The van der Waals surface area contributed by atoms with Crippen LogP contribution in [0.25, 0.3) is 22.4 Å². The van der Waals surface area contributed by atoms with Crippen molar-refractivity contribution in [3.05, 3.63) is 76.4 Å². The zero-order chi connectivity index (χ0) is 21.3. The number of para-hydroxylation sites is 1. The summed E-state index contributed by atoms with van der Waals surface area (Å²) in [4.78, 5) is 40.4. The van der Waals surface area contributed by atoms with E-state index in [4.69, 9.17) is 9.15 Å². The van der Waals surface area contributed by atoms with Crippen LogP contribution in [0, 0.1) is 6.92 Å². The Morgan fingerprint density at radius 1 is 1.13 bits per heavy atom. The lowest BCUT2D eigenvalue weighted by Crippen LogP contribution is -2.29. The topological polar surface area (TPSA) is 107 Å². The zero-order valence-corrected chi connectivity index (χ0v) is 16.4. The molecular formula is C22H19N3O5. The molecule has 4 rings (SSSR count). The van der Waals surface area contributed by atoms with Crippen molar-refractivity contribution in [2.45, 2.75) is 26.5 Å². The lowest BCUT2D eigenvalue weighted by Gasteiger charge is -2.12. The SMILES string of the molecule is Cc1[nH]c2ccccc2c1C(=O)[C@@H](C)OC(=O)Cn1nc(-c2ccccc2)oc1=O. The number of benzene rings is 2. The number of nitrogens with zero attached hydrogens (tertiary/aromatic N) is 2. The number of ether oxygens (including phenoxy) is 1. The number of esters is 1. The Morgan fingerprint density at radius 2 is 1.83 bits per heavy atom. The van der Waals surface area contributed by atoms with Crippen molar-refractivity contribution in [3.63, 3.8) is 0 Å². The van der Waals surface area contributed by atoms with Gasteiger partial charge in [0.1, 0.15) is 6.54 Å². The molecule has 0 aliphatic carbocycles. The van der Waals surface area contributed by atoms with Gasteiger partial charge < -0.3 is 14.1 Å². The highest BCUT2D eigenvalue weighted by Gasteiger charge is 2.25. The number of aromatic nitrogens is 3. The molecule has 2 aromatic carbocycles. The Balaban J connectivity index is 1.48. The van der Waals surface area contributed by atoms with Crippen LogP contribution >= 0.6 is 0 Å². The Kier molecular flexibility index (Phi) is 5.05. The van der Waals surface area contributed by atoms with E-state index in [1.165, 1.54) is 6.92 Å². The zero-order valence-electron chi connectivity index (χ0n) is 16.4. The number of rotatable bonds is 6. The highest BCUT2D eigenvalue weighted by atomic mass is 16.5. The fourth-order valence-corrected chi connectivity index (χ4v) is 3.31. The molecule has 152 valence electrons. The van der Waals surface area contributed by atoms with Crippen LogP contribution in [0.2, 0.25) is 0 Å². The molecule has 1 atom stereocenters. The maximum absolute atomic E-state index is 12.9. The number of nitrogens with one attached hydrogen (secondary N) is 1. The smallest absolute Gasteiger partial charge is 0.437 e. The quantitative estimate of drug-likeness (QED) is 0.390. The first-order valence-electron chi connectivity index (χ1n) is 9.38. The van der Waals surface area contributed by atoms with E-state index in [0.717, 1.165) is 15.6 Å². The van der Waals surface area contributed by atoms with E-state index in [1.54, 1.807) is 31.2 Å².